The van der Waals surface area contributed by atoms with Crippen molar-refractivity contribution >= 4 is 11.7 Å². The quantitative estimate of drug-likeness (QED) is 0.314. The number of ether oxygens (including phenoxy) is 2. The number of nitriles is 1. The molecule has 4 rings (SSSR count). The first-order valence-corrected chi connectivity index (χ1v) is 13.0. The third-order valence-electron chi connectivity index (χ3n) is 7.51. The van der Waals surface area contributed by atoms with Crippen molar-refractivity contribution in [3.63, 3.8) is 0 Å². The van der Waals surface area contributed by atoms with Crippen molar-refractivity contribution in [2.75, 3.05) is 13.7 Å². The maximum absolute atomic E-state index is 14.7. The molecular formula is C30H27F7N2O3. The van der Waals surface area contributed by atoms with E-state index >= 15 is 0 Å². The number of hydrogen-bond donors (Lipinski definition) is 0. The maximum atomic E-state index is 14.7. The van der Waals surface area contributed by atoms with Crippen LogP contribution in [0.25, 0.3) is 5.57 Å². The SMILES string of the molecule is COc1cc(F)c(C(C)C)cc1C1=CC=C(C#N)CC1CN1C(=O)OC(c2cc(C(F)(F)F)cc(C(F)(F)F)c2)C1C. The summed E-state index contributed by atoms with van der Waals surface area (Å²) >= 11 is 0. The van der Waals surface area contributed by atoms with E-state index in [1.165, 1.54) is 25.0 Å². The van der Waals surface area contributed by atoms with Gasteiger partial charge in [-0.15, -0.1) is 0 Å². The van der Waals surface area contributed by atoms with E-state index in [4.69, 9.17) is 9.47 Å². The number of methoxy groups -OCH3 is 1. The van der Waals surface area contributed by atoms with E-state index in [2.05, 4.69) is 6.07 Å². The molecule has 5 nitrogen and oxygen atoms in total. The Balaban J connectivity index is 1.71. The smallest absolute Gasteiger partial charge is 0.416 e. The molecule has 224 valence electrons. The lowest BCUT2D eigenvalue weighted by Gasteiger charge is -2.30. The number of allylic oxidation sites excluding steroid dienone is 3. The average Bonchev–Trinajstić information content (AvgIpc) is 3.20. The number of alkyl halides is 6. The van der Waals surface area contributed by atoms with E-state index < -0.39 is 59.0 Å². The lowest BCUT2D eigenvalue weighted by molar-refractivity contribution is -0.143. The summed E-state index contributed by atoms with van der Waals surface area (Å²) in [7, 11) is 1.37. The summed E-state index contributed by atoms with van der Waals surface area (Å²) in [5.74, 6) is -0.970. The largest absolute Gasteiger partial charge is 0.496 e. The number of carbonyl (C=O) groups is 1. The second-order valence-electron chi connectivity index (χ2n) is 10.6. The van der Waals surface area contributed by atoms with Crippen molar-refractivity contribution < 1.29 is 45.0 Å². The van der Waals surface area contributed by atoms with Gasteiger partial charge in [0.1, 0.15) is 17.7 Å². The molecule has 1 amide bonds. The van der Waals surface area contributed by atoms with Crippen molar-refractivity contribution in [3.8, 4) is 11.8 Å². The Kier molecular flexibility index (Phi) is 8.36. The standard InChI is InChI=1S/C30H27F7N2O3/c1-15(2)23-11-24(26(41-4)12-25(23)31)22-6-5-17(13-38)7-19(22)14-39-16(3)27(42-28(39)40)18-8-20(29(32,33)34)10-21(9-18)30(35,36)37/h5-6,8-12,15-16,19,27H,7,14H2,1-4H3. The second kappa shape index (κ2) is 11.3. The molecule has 3 unspecified atom stereocenters. The molecule has 0 saturated carbocycles. The van der Waals surface area contributed by atoms with Gasteiger partial charge in [-0.2, -0.15) is 31.6 Å². The van der Waals surface area contributed by atoms with Gasteiger partial charge >= 0.3 is 18.4 Å². The zero-order valence-corrected chi connectivity index (χ0v) is 23.0. The first-order chi connectivity index (χ1) is 19.5. The Bertz CT molecular complexity index is 1450. The van der Waals surface area contributed by atoms with Gasteiger partial charge in [-0.05, 0) is 66.3 Å². The molecule has 2 aromatic carbocycles. The zero-order chi connectivity index (χ0) is 31.1. The molecule has 12 heteroatoms. The van der Waals surface area contributed by atoms with Gasteiger partial charge in [-0.25, -0.2) is 9.18 Å². The zero-order valence-electron chi connectivity index (χ0n) is 23.0. The first-order valence-electron chi connectivity index (χ1n) is 13.0. The molecule has 2 aliphatic rings. The van der Waals surface area contributed by atoms with E-state index in [0.29, 0.717) is 34.4 Å². The van der Waals surface area contributed by atoms with Gasteiger partial charge in [-0.3, -0.25) is 0 Å². The Labute approximate surface area is 237 Å². The number of cyclic esters (lactones) is 1. The van der Waals surface area contributed by atoms with Crippen molar-refractivity contribution in [2.24, 2.45) is 5.92 Å². The summed E-state index contributed by atoms with van der Waals surface area (Å²) in [5, 5.41) is 9.55. The Morgan fingerprint density at radius 2 is 1.67 bits per heavy atom. The molecular weight excluding hydrogens is 569 g/mol. The monoisotopic (exact) mass is 596 g/mol. The van der Waals surface area contributed by atoms with Gasteiger partial charge in [0.2, 0.25) is 0 Å². The molecule has 3 atom stereocenters. The lowest BCUT2D eigenvalue weighted by atomic mass is 9.81. The van der Waals surface area contributed by atoms with Gasteiger partial charge in [-0.1, -0.05) is 19.9 Å². The van der Waals surface area contributed by atoms with Crippen LogP contribution in [-0.2, 0) is 17.1 Å². The van der Waals surface area contributed by atoms with Crippen molar-refractivity contribution in [1.29, 1.82) is 5.26 Å². The number of benzene rings is 2. The minimum absolute atomic E-state index is 0.0130. The highest BCUT2D eigenvalue weighted by Crippen LogP contribution is 2.44. The third-order valence-corrected chi connectivity index (χ3v) is 7.51. The van der Waals surface area contributed by atoms with E-state index in [9.17, 15) is 40.8 Å². The molecule has 0 spiro atoms. The molecule has 2 aromatic rings. The topological polar surface area (TPSA) is 62.6 Å². The molecule has 0 aromatic heterocycles. The van der Waals surface area contributed by atoms with Gasteiger partial charge in [0.15, 0.2) is 0 Å². The summed E-state index contributed by atoms with van der Waals surface area (Å²) in [5.41, 5.74) is -1.52. The highest BCUT2D eigenvalue weighted by Gasteiger charge is 2.44. The fraction of sp³-hybridized carbons (Fsp3) is 0.400. The number of halogens is 7. The molecule has 0 radical (unpaired) electrons. The fourth-order valence-electron chi connectivity index (χ4n) is 5.31. The molecule has 1 saturated heterocycles. The van der Waals surface area contributed by atoms with Gasteiger partial charge in [0.25, 0.3) is 0 Å². The van der Waals surface area contributed by atoms with E-state index in [0.717, 1.165) is 0 Å². The van der Waals surface area contributed by atoms with Crippen molar-refractivity contribution in [2.45, 2.75) is 57.6 Å². The van der Waals surface area contributed by atoms with Crippen molar-refractivity contribution in [3.05, 3.63) is 81.7 Å². The fourth-order valence-corrected chi connectivity index (χ4v) is 5.31. The van der Waals surface area contributed by atoms with Crippen LogP contribution in [0.4, 0.5) is 35.5 Å². The van der Waals surface area contributed by atoms with Crippen LogP contribution >= 0.6 is 0 Å². The van der Waals surface area contributed by atoms with Crippen molar-refractivity contribution in [1.82, 2.24) is 4.90 Å². The Morgan fingerprint density at radius 3 is 2.19 bits per heavy atom. The first kappa shape index (κ1) is 30.9. The molecule has 0 N–H and O–H groups in total. The number of carbonyl (C=O) groups excluding carboxylic acids is 1. The van der Waals surface area contributed by atoms with Crippen LogP contribution in [-0.4, -0.2) is 30.7 Å². The molecule has 1 aliphatic heterocycles. The van der Waals surface area contributed by atoms with Crippen LogP contribution in [0.2, 0.25) is 0 Å². The molecule has 1 fully saturated rings. The van der Waals surface area contributed by atoms with E-state index in [-0.39, 0.29) is 30.7 Å². The second-order valence-corrected chi connectivity index (χ2v) is 10.6. The van der Waals surface area contributed by atoms with Crippen LogP contribution in [0.3, 0.4) is 0 Å². The number of amides is 1. The van der Waals surface area contributed by atoms with E-state index in [1.54, 1.807) is 18.2 Å². The number of rotatable bonds is 6. The Hall–Kier alpha value is -4.01. The minimum Gasteiger partial charge on any atom is -0.496 e. The average molecular weight is 597 g/mol. The maximum Gasteiger partial charge on any atom is 0.416 e. The highest BCUT2D eigenvalue weighted by molar-refractivity contribution is 5.77. The third kappa shape index (κ3) is 6.10. The minimum atomic E-state index is -5.06. The van der Waals surface area contributed by atoms with Gasteiger partial charge in [0.05, 0.1) is 30.3 Å². The van der Waals surface area contributed by atoms with E-state index in [1.807, 2.05) is 13.8 Å². The van der Waals surface area contributed by atoms with Crippen LogP contribution in [0, 0.1) is 23.1 Å². The van der Waals surface area contributed by atoms with Crippen LogP contribution in [0.1, 0.15) is 67.0 Å². The summed E-state index contributed by atoms with van der Waals surface area (Å²) < 4.78 is 106. The summed E-state index contributed by atoms with van der Waals surface area (Å²) in [4.78, 5) is 14.2. The van der Waals surface area contributed by atoms with Gasteiger partial charge < -0.3 is 14.4 Å². The van der Waals surface area contributed by atoms with Crippen LogP contribution < -0.4 is 4.74 Å². The number of hydrogen-bond acceptors (Lipinski definition) is 4. The lowest BCUT2D eigenvalue weighted by Crippen LogP contribution is -2.37. The normalized spacial score (nSPS) is 21.2. The summed E-state index contributed by atoms with van der Waals surface area (Å²) in [6.45, 7) is 5.01. The van der Waals surface area contributed by atoms with Crippen LogP contribution in [0.15, 0.2) is 48.1 Å². The highest BCUT2D eigenvalue weighted by atomic mass is 19.4. The Morgan fingerprint density at radius 1 is 1.05 bits per heavy atom. The molecule has 1 aliphatic carbocycles. The molecule has 0 bridgehead atoms. The summed E-state index contributed by atoms with van der Waals surface area (Å²) in [6.07, 6.45) is -9.05. The van der Waals surface area contributed by atoms with Crippen LogP contribution in [0.5, 0.6) is 5.75 Å². The summed E-state index contributed by atoms with van der Waals surface area (Å²) in [6, 6.07) is 5.11. The molecule has 1 heterocycles. The number of nitrogens with zero attached hydrogens (tertiary/aromatic N) is 2. The predicted molar refractivity (Wildman–Crippen MR) is 139 cm³/mol. The predicted octanol–water partition coefficient (Wildman–Crippen LogP) is 8.43. The molecule has 42 heavy (non-hydrogen) atoms. The van der Waals surface area contributed by atoms with Gasteiger partial charge in [0, 0.05) is 29.7 Å².